The molecule has 1 saturated carbocycles. The second-order valence-corrected chi connectivity index (χ2v) is 9.89. The van der Waals surface area contributed by atoms with E-state index in [1.54, 1.807) is 21.8 Å². The number of piperidine rings is 1. The van der Waals surface area contributed by atoms with E-state index in [1.807, 2.05) is 6.07 Å². The highest BCUT2D eigenvalue weighted by molar-refractivity contribution is 5.93. The topological polar surface area (TPSA) is 77.8 Å². The monoisotopic (exact) mass is 451 g/mol. The third-order valence-electron chi connectivity index (χ3n) is 7.86. The number of aromatic nitrogens is 3. The molecule has 10 heteroatoms. The van der Waals surface area contributed by atoms with Gasteiger partial charge >= 0.3 is 6.03 Å². The lowest BCUT2D eigenvalue weighted by Crippen LogP contribution is -2.72. The number of likely N-dealkylation sites (tertiary alicyclic amines) is 1. The average molecular weight is 451 g/mol. The zero-order chi connectivity index (χ0) is 22.4. The third-order valence-corrected chi connectivity index (χ3v) is 7.86. The summed E-state index contributed by atoms with van der Waals surface area (Å²) < 4.78 is 30.3. The molecule has 4 fully saturated rings. The average Bonchev–Trinajstić information content (AvgIpc) is 3.14. The van der Waals surface area contributed by atoms with Crippen LogP contribution < -0.4 is 15.5 Å². The number of hydrogen-bond donors (Lipinski definition) is 2. The highest BCUT2D eigenvalue weighted by Crippen LogP contribution is 2.63. The molecule has 8 nitrogen and oxygen atoms in total. The number of benzene rings is 1. The number of halogens is 2. The molecule has 170 valence electrons. The first kappa shape index (κ1) is 19.2. The van der Waals surface area contributed by atoms with Crippen molar-refractivity contribution in [1.82, 2.24) is 24.8 Å². The lowest BCUT2D eigenvalue weighted by atomic mass is 9.75. The summed E-state index contributed by atoms with van der Waals surface area (Å²) >= 11 is 0. The molecular weight excluding hydrogens is 428 g/mol. The van der Waals surface area contributed by atoms with Crippen molar-refractivity contribution in [3.05, 3.63) is 53.9 Å². The van der Waals surface area contributed by atoms with Crippen molar-refractivity contribution in [2.75, 3.05) is 42.9 Å². The molecule has 2 atom stereocenters. The Balaban J connectivity index is 1.18. The van der Waals surface area contributed by atoms with Crippen LogP contribution in [0, 0.1) is 23.0 Å². The predicted octanol–water partition coefficient (Wildman–Crippen LogP) is 2.57. The van der Waals surface area contributed by atoms with E-state index in [4.69, 9.17) is 4.98 Å². The van der Waals surface area contributed by atoms with Crippen LogP contribution >= 0.6 is 0 Å². The molecule has 0 bridgehead atoms. The Morgan fingerprint density at radius 2 is 2.06 bits per heavy atom. The summed E-state index contributed by atoms with van der Waals surface area (Å²) in [6.07, 6.45) is 5.06. The first-order chi connectivity index (χ1) is 16.0. The zero-order valence-corrected chi connectivity index (χ0v) is 17.9. The first-order valence-electron chi connectivity index (χ1n) is 11.3. The Labute approximate surface area is 188 Å². The molecule has 33 heavy (non-hydrogen) atoms. The van der Waals surface area contributed by atoms with Crippen LogP contribution in [0.2, 0.25) is 0 Å². The highest BCUT2D eigenvalue weighted by atomic mass is 19.1. The van der Waals surface area contributed by atoms with Crippen LogP contribution in [-0.4, -0.2) is 58.3 Å². The molecule has 0 radical (unpaired) electrons. The maximum Gasteiger partial charge on any atom is 0.322 e. The highest BCUT2D eigenvalue weighted by Gasteiger charge is 2.64. The standard InChI is InChI=1S/C23H23F2N7O/c24-15-1-2-17(25)16(7-15)23-8-14(23)3-5-31(23)19-4-6-32-20(29-19)18(9-27-32)28-21(33)30-12-22(13-30)10-26-11-22/h1-2,4,6-7,9,14,26H,3,5,8,10-13H2,(H,28,33)/t14-,23+/m0/s1. The molecule has 1 spiro atoms. The second-order valence-electron chi connectivity index (χ2n) is 9.89. The lowest BCUT2D eigenvalue weighted by Gasteiger charge is -2.55. The van der Waals surface area contributed by atoms with Crippen LogP contribution in [-0.2, 0) is 5.54 Å². The number of nitrogens with one attached hydrogen (secondary N) is 2. The van der Waals surface area contributed by atoms with Crippen molar-refractivity contribution in [3.8, 4) is 0 Å². The van der Waals surface area contributed by atoms with Crippen LogP contribution in [0.4, 0.5) is 25.1 Å². The SMILES string of the molecule is O=C(Nc1cnn2ccc(N3CC[C@H]4C[C@]43c3cc(F)ccc3F)nc12)N1CC2(CNC2)C1. The normalized spacial score (nSPS) is 26.8. The van der Waals surface area contributed by atoms with Crippen LogP contribution in [0.25, 0.3) is 5.65 Å². The lowest BCUT2D eigenvalue weighted by molar-refractivity contribution is -0.00712. The van der Waals surface area contributed by atoms with Crippen molar-refractivity contribution < 1.29 is 13.6 Å². The number of nitrogens with zero attached hydrogens (tertiary/aromatic N) is 5. The molecule has 4 aliphatic rings. The molecular formula is C23H23F2N7O. The van der Waals surface area contributed by atoms with Gasteiger partial charge in [0.15, 0.2) is 5.65 Å². The smallest absolute Gasteiger partial charge is 0.322 e. The molecule has 7 rings (SSSR count). The largest absolute Gasteiger partial charge is 0.346 e. The van der Waals surface area contributed by atoms with Crippen molar-refractivity contribution in [2.24, 2.45) is 11.3 Å². The fourth-order valence-electron chi connectivity index (χ4n) is 6.00. The van der Waals surface area contributed by atoms with Gasteiger partial charge in [0.25, 0.3) is 0 Å². The van der Waals surface area contributed by atoms with Gasteiger partial charge < -0.3 is 20.4 Å². The van der Waals surface area contributed by atoms with Crippen molar-refractivity contribution in [2.45, 2.75) is 18.4 Å². The number of fused-ring (bicyclic) bond motifs is 2. The van der Waals surface area contributed by atoms with Gasteiger partial charge in [-0.05, 0) is 43.0 Å². The van der Waals surface area contributed by atoms with Gasteiger partial charge in [-0.1, -0.05) is 0 Å². The first-order valence-corrected chi connectivity index (χ1v) is 11.3. The molecule has 0 unspecified atom stereocenters. The summed E-state index contributed by atoms with van der Waals surface area (Å²) in [5.74, 6) is 0.118. The van der Waals surface area contributed by atoms with E-state index in [0.29, 0.717) is 29.3 Å². The molecule has 3 saturated heterocycles. The number of urea groups is 1. The van der Waals surface area contributed by atoms with Crippen molar-refractivity contribution in [3.63, 3.8) is 0 Å². The second kappa shape index (κ2) is 6.40. The summed E-state index contributed by atoms with van der Waals surface area (Å²) in [5.41, 5.74) is 1.14. The van der Waals surface area contributed by atoms with Gasteiger partial charge in [0.2, 0.25) is 0 Å². The maximum atomic E-state index is 14.7. The summed E-state index contributed by atoms with van der Waals surface area (Å²) in [4.78, 5) is 21.4. The van der Waals surface area contributed by atoms with Crippen LogP contribution in [0.15, 0.2) is 36.7 Å². The van der Waals surface area contributed by atoms with E-state index in [-0.39, 0.29) is 17.4 Å². The summed E-state index contributed by atoms with van der Waals surface area (Å²) in [6, 6.07) is 5.35. The summed E-state index contributed by atoms with van der Waals surface area (Å²) in [7, 11) is 0. The Morgan fingerprint density at radius 1 is 1.21 bits per heavy atom. The van der Waals surface area contributed by atoms with Crippen molar-refractivity contribution in [1.29, 1.82) is 0 Å². The van der Waals surface area contributed by atoms with E-state index in [9.17, 15) is 13.6 Å². The van der Waals surface area contributed by atoms with Gasteiger partial charge in [-0.15, -0.1) is 0 Å². The molecule has 2 amide bonds. The minimum atomic E-state index is -0.566. The Morgan fingerprint density at radius 3 is 2.82 bits per heavy atom. The van der Waals surface area contributed by atoms with Gasteiger partial charge in [0.1, 0.15) is 23.1 Å². The minimum absolute atomic E-state index is 0.156. The number of carbonyl (C=O) groups is 1. The van der Waals surface area contributed by atoms with E-state index < -0.39 is 17.2 Å². The van der Waals surface area contributed by atoms with Gasteiger partial charge in [0, 0.05) is 49.9 Å². The number of anilines is 2. The number of hydrogen-bond acceptors (Lipinski definition) is 5. The van der Waals surface area contributed by atoms with E-state index in [1.165, 1.54) is 12.1 Å². The fraction of sp³-hybridized carbons (Fsp3) is 0.435. The Kier molecular flexibility index (Phi) is 3.73. The molecule has 1 aromatic carbocycles. The Bertz CT molecular complexity index is 1300. The fourth-order valence-corrected chi connectivity index (χ4v) is 6.00. The predicted molar refractivity (Wildman–Crippen MR) is 117 cm³/mol. The van der Waals surface area contributed by atoms with Crippen molar-refractivity contribution >= 4 is 23.2 Å². The number of carbonyl (C=O) groups excluding carboxylic acids is 1. The van der Waals surface area contributed by atoms with Crippen LogP contribution in [0.3, 0.4) is 0 Å². The summed E-state index contributed by atoms with van der Waals surface area (Å²) in [6.45, 7) is 4.14. The Hall–Kier alpha value is -3.27. The third kappa shape index (κ3) is 2.67. The molecule has 3 aliphatic heterocycles. The summed E-state index contributed by atoms with van der Waals surface area (Å²) in [5, 5.41) is 10.5. The number of amides is 2. The van der Waals surface area contributed by atoms with Gasteiger partial charge in [0.05, 0.1) is 11.7 Å². The van der Waals surface area contributed by atoms with Crippen LogP contribution in [0.1, 0.15) is 18.4 Å². The zero-order valence-electron chi connectivity index (χ0n) is 17.9. The molecule has 1 aliphatic carbocycles. The molecule has 3 aromatic rings. The van der Waals surface area contributed by atoms with Gasteiger partial charge in [-0.2, -0.15) is 5.10 Å². The van der Waals surface area contributed by atoms with Crippen LogP contribution in [0.5, 0.6) is 0 Å². The van der Waals surface area contributed by atoms with Gasteiger partial charge in [-0.3, -0.25) is 0 Å². The van der Waals surface area contributed by atoms with E-state index in [2.05, 4.69) is 20.6 Å². The minimum Gasteiger partial charge on any atom is -0.346 e. The maximum absolute atomic E-state index is 14.7. The van der Waals surface area contributed by atoms with Gasteiger partial charge in [-0.25, -0.2) is 23.1 Å². The molecule has 2 aromatic heterocycles. The molecule has 5 heterocycles. The quantitative estimate of drug-likeness (QED) is 0.640. The van der Waals surface area contributed by atoms with E-state index >= 15 is 0 Å². The number of rotatable bonds is 3. The molecule has 2 N–H and O–H groups in total. The van der Waals surface area contributed by atoms with E-state index in [0.717, 1.165) is 45.1 Å².